The van der Waals surface area contributed by atoms with Crippen LogP contribution < -0.4 is 0 Å². The van der Waals surface area contributed by atoms with Gasteiger partial charge in [0.15, 0.2) is 0 Å². The number of carbonyl (C=O) groups excluding carboxylic acids is 1. The molecule has 0 aliphatic rings. The highest BCUT2D eigenvalue weighted by atomic mass is 127. The Hall–Kier alpha value is -1.08. The van der Waals surface area contributed by atoms with Gasteiger partial charge in [-0.1, -0.05) is 46.3 Å². The standard InChI is InChI=1S/C17H18BrIN2O/c1-3-7-15(21(16(19)4-2)17(22)10-18)13-11-20-14-9-6-5-8-12(13)14/h3-6,8-9,11,15,20H,1,7,10H2,2H3/b16-4+/t15-/m0/s1. The molecule has 2 rings (SSSR count). The first kappa shape index (κ1) is 17.3. The Bertz CT molecular complexity index is 708. The maximum atomic E-state index is 12.4. The van der Waals surface area contributed by atoms with Crippen LogP contribution in [0.5, 0.6) is 0 Å². The molecule has 0 bridgehead atoms. The van der Waals surface area contributed by atoms with Crippen molar-refractivity contribution in [2.45, 2.75) is 19.4 Å². The third-order valence-corrected chi connectivity index (χ3v) is 5.16. The average Bonchev–Trinajstić information content (AvgIpc) is 2.97. The predicted octanol–water partition coefficient (Wildman–Crippen LogP) is 5.30. The SMILES string of the molecule is C=CC[C@@H](c1c[nH]c2ccccc12)N(C(=O)CBr)/C(I)=C/C. The van der Waals surface area contributed by atoms with Crippen LogP contribution in [0.1, 0.15) is 24.9 Å². The fourth-order valence-electron chi connectivity index (χ4n) is 2.54. The highest BCUT2D eigenvalue weighted by Crippen LogP contribution is 2.35. The van der Waals surface area contributed by atoms with Gasteiger partial charge in [0.05, 0.1) is 15.1 Å². The molecule has 3 nitrogen and oxygen atoms in total. The maximum absolute atomic E-state index is 12.4. The van der Waals surface area contributed by atoms with E-state index in [4.69, 9.17) is 0 Å². The summed E-state index contributed by atoms with van der Waals surface area (Å²) < 4.78 is 0.916. The normalized spacial score (nSPS) is 13.1. The number of aromatic amines is 1. The minimum Gasteiger partial charge on any atom is -0.361 e. The molecule has 1 aromatic carbocycles. The number of benzene rings is 1. The van der Waals surface area contributed by atoms with Gasteiger partial charge in [-0.2, -0.15) is 0 Å². The van der Waals surface area contributed by atoms with Crippen LogP contribution in [-0.4, -0.2) is 21.1 Å². The molecule has 0 aliphatic carbocycles. The molecule has 1 amide bonds. The van der Waals surface area contributed by atoms with Crippen LogP contribution in [0.2, 0.25) is 0 Å². The Kier molecular flexibility index (Phi) is 6.26. The van der Waals surface area contributed by atoms with E-state index in [1.54, 1.807) is 0 Å². The maximum Gasteiger partial charge on any atom is 0.238 e. The molecular weight excluding hydrogens is 455 g/mol. The molecule has 2 aromatic rings. The summed E-state index contributed by atoms with van der Waals surface area (Å²) in [5.74, 6) is 0.0413. The summed E-state index contributed by atoms with van der Waals surface area (Å²) in [6.07, 6.45) is 6.50. The van der Waals surface area contributed by atoms with Gasteiger partial charge in [0.25, 0.3) is 0 Å². The molecule has 1 heterocycles. The lowest BCUT2D eigenvalue weighted by Crippen LogP contribution is -2.33. The van der Waals surface area contributed by atoms with E-state index in [-0.39, 0.29) is 11.9 Å². The van der Waals surface area contributed by atoms with E-state index < -0.39 is 0 Å². The number of nitrogens with zero attached hydrogens (tertiary/aromatic N) is 1. The summed E-state index contributed by atoms with van der Waals surface area (Å²) in [4.78, 5) is 17.6. The largest absolute Gasteiger partial charge is 0.361 e. The third-order valence-electron chi connectivity index (χ3n) is 3.53. The highest BCUT2D eigenvalue weighted by Gasteiger charge is 2.27. The van der Waals surface area contributed by atoms with Gasteiger partial charge in [-0.15, -0.1) is 6.58 Å². The summed E-state index contributed by atoms with van der Waals surface area (Å²) in [7, 11) is 0. The molecule has 22 heavy (non-hydrogen) atoms. The van der Waals surface area contributed by atoms with Gasteiger partial charge in [-0.25, -0.2) is 0 Å². The number of allylic oxidation sites excluding steroid dienone is 1. The van der Waals surface area contributed by atoms with Crippen LogP contribution in [0.4, 0.5) is 0 Å². The summed E-state index contributed by atoms with van der Waals surface area (Å²) in [5, 5.41) is 1.44. The highest BCUT2D eigenvalue weighted by molar-refractivity contribution is 14.1. The number of carbonyl (C=O) groups is 1. The zero-order valence-electron chi connectivity index (χ0n) is 12.4. The molecule has 0 spiro atoms. The lowest BCUT2D eigenvalue weighted by atomic mass is 10.0. The number of aromatic nitrogens is 1. The Labute approximate surface area is 152 Å². The molecule has 0 radical (unpaired) electrons. The monoisotopic (exact) mass is 472 g/mol. The lowest BCUT2D eigenvalue weighted by Gasteiger charge is -2.30. The predicted molar refractivity (Wildman–Crippen MR) is 104 cm³/mol. The first-order valence-electron chi connectivity index (χ1n) is 7.00. The van der Waals surface area contributed by atoms with Crippen LogP contribution in [0.3, 0.4) is 0 Å². The quantitative estimate of drug-likeness (QED) is 0.263. The van der Waals surface area contributed by atoms with Crippen LogP contribution in [0, 0.1) is 0 Å². The van der Waals surface area contributed by atoms with Gasteiger partial charge in [-0.05, 0) is 42.0 Å². The van der Waals surface area contributed by atoms with Crippen molar-refractivity contribution in [2.75, 3.05) is 5.33 Å². The number of fused-ring (bicyclic) bond motifs is 1. The summed E-state index contributed by atoms with van der Waals surface area (Å²) in [5.41, 5.74) is 2.19. The molecule has 116 valence electrons. The van der Waals surface area contributed by atoms with E-state index in [1.165, 1.54) is 0 Å². The van der Waals surface area contributed by atoms with Gasteiger partial charge in [0.2, 0.25) is 5.91 Å². The van der Waals surface area contributed by atoms with Crippen LogP contribution >= 0.6 is 38.5 Å². The van der Waals surface area contributed by atoms with Crippen molar-refractivity contribution in [2.24, 2.45) is 0 Å². The second kappa shape index (κ2) is 7.97. The molecule has 0 fully saturated rings. The van der Waals surface area contributed by atoms with Crippen molar-refractivity contribution in [3.05, 3.63) is 58.5 Å². The third kappa shape index (κ3) is 3.46. The molecule has 1 N–H and O–H groups in total. The molecule has 0 unspecified atom stereocenters. The zero-order chi connectivity index (χ0) is 16.1. The molecule has 1 atom stereocenters. The lowest BCUT2D eigenvalue weighted by molar-refractivity contribution is -0.127. The van der Waals surface area contributed by atoms with Crippen molar-refractivity contribution in [1.82, 2.24) is 9.88 Å². The average molecular weight is 473 g/mol. The van der Waals surface area contributed by atoms with Gasteiger partial charge >= 0.3 is 0 Å². The van der Waals surface area contributed by atoms with Gasteiger partial charge < -0.3 is 4.98 Å². The minimum absolute atomic E-state index is 0.0413. The van der Waals surface area contributed by atoms with Crippen molar-refractivity contribution in [3.8, 4) is 0 Å². The molecular formula is C17H18BrIN2O. The number of hydrogen-bond donors (Lipinski definition) is 1. The van der Waals surface area contributed by atoms with E-state index >= 15 is 0 Å². The first-order valence-corrected chi connectivity index (χ1v) is 9.20. The Morgan fingerprint density at radius 3 is 2.86 bits per heavy atom. The number of rotatable bonds is 6. The van der Waals surface area contributed by atoms with E-state index in [0.717, 1.165) is 20.2 Å². The van der Waals surface area contributed by atoms with Gasteiger partial charge in [0.1, 0.15) is 0 Å². The van der Waals surface area contributed by atoms with E-state index in [2.05, 4.69) is 56.2 Å². The number of hydrogen-bond acceptors (Lipinski definition) is 1. The Morgan fingerprint density at radius 2 is 2.23 bits per heavy atom. The number of alkyl halides is 1. The second-order valence-corrected chi connectivity index (χ2v) is 6.50. The fourth-order valence-corrected chi connectivity index (χ4v) is 3.42. The van der Waals surface area contributed by atoms with Crippen molar-refractivity contribution in [1.29, 1.82) is 0 Å². The number of H-pyrrole nitrogens is 1. The Balaban J connectivity index is 2.56. The first-order chi connectivity index (χ1) is 10.6. The van der Waals surface area contributed by atoms with Gasteiger partial charge in [0, 0.05) is 22.7 Å². The summed E-state index contributed by atoms with van der Waals surface area (Å²) in [6.45, 7) is 5.80. The summed E-state index contributed by atoms with van der Waals surface area (Å²) >= 11 is 5.50. The number of para-hydroxylation sites is 1. The van der Waals surface area contributed by atoms with Crippen molar-refractivity contribution in [3.63, 3.8) is 0 Å². The number of halogens is 2. The minimum atomic E-state index is -0.0678. The van der Waals surface area contributed by atoms with Crippen LogP contribution in [-0.2, 0) is 4.79 Å². The van der Waals surface area contributed by atoms with Crippen molar-refractivity contribution < 1.29 is 4.79 Å². The molecule has 1 aromatic heterocycles. The summed E-state index contributed by atoms with van der Waals surface area (Å²) in [6, 6.07) is 8.07. The molecule has 5 heteroatoms. The van der Waals surface area contributed by atoms with Crippen LogP contribution in [0.15, 0.2) is 52.9 Å². The van der Waals surface area contributed by atoms with Gasteiger partial charge in [-0.3, -0.25) is 9.69 Å². The van der Waals surface area contributed by atoms with E-state index in [1.807, 2.05) is 48.4 Å². The second-order valence-electron chi connectivity index (χ2n) is 4.84. The van der Waals surface area contributed by atoms with E-state index in [9.17, 15) is 4.79 Å². The molecule has 0 aliphatic heterocycles. The fraction of sp³-hybridized carbons (Fsp3) is 0.235. The number of amides is 1. The van der Waals surface area contributed by atoms with E-state index in [0.29, 0.717) is 11.8 Å². The number of nitrogens with one attached hydrogen (secondary N) is 1. The smallest absolute Gasteiger partial charge is 0.238 e. The zero-order valence-corrected chi connectivity index (χ0v) is 16.1. The topological polar surface area (TPSA) is 36.1 Å². The van der Waals surface area contributed by atoms with Crippen LogP contribution in [0.25, 0.3) is 10.9 Å². The molecule has 0 saturated carbocycles. The van der Waals surface area contributed by atoms with Crippen molar-refractivity contribution >= 4 is 55.3 Å². The molecule has 0 saturated heterocycles. The Morgan fingerprint density at radius 1 is 1.50 bits per heavy atom.